The highest BCUT2D eigenvalue weighted by Crippen LogP contribution is 2.44. The number of benzene rings is 4. The summed E-state index contributed by atoms with van der Waals surface area (Å²) in [5.41, 5.74) is 2.61. The first-order chi connectivity index (χ1) is 14.9. The predicted octanol–water partition coefficient (Wildman–Crippen LogP) is 5.52. The quantitative estimate of drug-likeness (QED) is 0.484. The first kappa shape index (κ1) is 20.3. The number of imide groups is 1. The summed E-state index contributed by atoms with van der Waals surface area (Å²) < 4.78 is 0. The summed E-state index contributed by atoms with van der Waals surface area (Å²) >= 11 is 0. The second kappa shape index (κ2) is 8.03. The van der Waals surface area contributed by atoms with Crippen LogP contribution in [0.3, 0.4) is 0 Å². The third-order valence-corrected chi connectivity index (χ3v) is 5.27. The number of hydrogen-bond donors (Lipinski definition) is 1. The molecule has 4 aromatic rings. The van der Waals surface area contributed by atoms with Gasteiger partial charge in [0.05, 0.1) is 5.69 Å². The number of amides is 3. The Hall–Kier alpha value is -3.99. The van der Waals surface area contributed by atoms with Gasteiger partial charge in [0.15, 0.2) is 0 Å². The second-order valence-electron chi connectivity index (χ2n) is 7.44. The van der Waals surface area contributed by atoms with E-state index in [4.69, 9.17) is 0 Å². The molecular weight excluding hydrogens is 388 g/mol. The van der Waals surface area contributed by atoms with Crippen molar-refractivity contribution in [2.24, 2.45) is 0 Å². The Morgan fingerprint density at radius 1 is 0.645 bits per heavy atom. The molecule has 0 heterocycles. The number of nitrogens with one attached hydrogen (secondary N) is 1. The summed E-state index contributed by atoms with van der Waals surface area (Å²) in [6.07, 6.45) is 0. The van der Waals surface area contributed by atoms with Crippen LogP contribution < -0.4 is 10.2 Å². The number of carbonyl (C=O) groups is 3. The third kappa shape index (κ3) is 3.66. The highest BCUT2D eigenvalue weighted by molar-refractivity contribution is 6.22. The lowest BCUT2D eigenvalue weighted by Gasteiger charge is -2.24. The van der Waals surface area contributed by atoms with Crippen molar-refractivity contribution < 1.29 is 14.4 Å². The van der Waals surface area contributed by atoms with E-state index in [9.17, 15) is 14.4 Å². The first-order valence-corrected chi connectivity index (χ1v) is 10.0. The van der Waals surface area contributed by atoms with Crippen molar-refractivity contribution in [1.82, 2.24) is 0 Å². The van der Waals surface area contributed by atoms with Crippen molar-refractivity contribution in [1.29, 1.82) is 0 Å². The fourth-order valence-corrected chi connectivity index (χ4v) is 4.10. The molecule has 0 saturated carbocycles. The van der Waals surface area contributed by atoms with E-state index in [1.165, 1.54) is 25.7 Å². The topological polar surface area (TPSA) is 66.5 Å². The Balaban J connectivity index is 2.21. The number of fused-ring (bicyclic) bond motifs is 2. The van der Waals surface area contributed by atoms with Crippen LogP contribution in [0.2, 0.25) is 0 Å². The van der Waals surface area contributed by atoms with E-state index in [0.717, 1.165) is 32.7 Å². The van der Waals surface area contributed by atoms with Crippen LogP contribution in [0.5, 0.6) is 0 Å². The Morgan fingerprint density at radius 3 is 1.71 bits per heavy atom. The fourth-order valence-electron chi connectivity index (χ4n) is 4.10. The van der Waals surface area contributed by atoms with Crippen molar-refractivity contribution >= 4 is 50.6 Å². The standard InChI is InChI=1S/C26H22N2O3/c1-16(29)27-23-14-12-19-8-4-6-10-21(19)25(23)26-22-11-7-5-9-20(22)13-15-24(26)28(17(2)30)18(3)31/h4-15H,1-3H3,(H,27,29). The average molecular weight is 410 g/mol. The Kier molecular flexibility index (Phi) is 5.26. The lowest BCUT2D eigenvalue weighted by atomic mass is 9.90. The van der Waals surface area contributed by atoms with Crippen LogP contribution in [0, 0.1) is 0 Å². The minimum absolute atomic E-state index is 0.201. The molecular formula is C26H22N2O3. The second-order valence-corrected chi connectivity index (χ2v) is 7.44. The van der Waals surface area contributed by atoms with E-state index in [2.05, 4.69) is 5.32 Å². The highest BCUT2D eigenvalue weighted by atomic mass is 16.2. The maximum absolute atomic E-state index is 12.5. The summed E-state index contributed by atoms with van der Waals surface area (Å²) in [6, 6.07) is 23.2. The van der Waals surface area contributed by atoms with Crippen molar-refractivity contribution in [3.8, 4) is 11.1 Å². The molecule has 0 unspecified atom stereocenters. The monoisotopic (exact) mass is 410 g/mol. The van der Waals surface area contributed by atoms with Crippen molar-refractivity contribution in [3.63, 3.8) is 0 Å². The van der Waals surface area contributed by atoms with Crippen LogP contribution >= 0.6 is 0 Å². The summed E-state index contributed by atoms with van der Waals surface area (Å²) in [7, 11) is 0. The molecule has 0 saturated heterocycles. The van der Waals surface area contributed by atoms with Crippen molar-refractivity contribution in [3.05, 3.63) is 72.8 Å². The molecule has 0 aliphatic rings. The van der Waals surface area contributed by atoms with Gasteiger partial charge in [-0.1, -0.05) is 60.7 Å². The number of hydrogen-bond acceptors (Lipinski definition) is 3. The van der Waals surface area contributed by atoms with Crippen LogP contribution in [0.25, 0.3) is 32.7 Å². The van der Waals surface area contributed by atoms with E-state index in [0.29, 0.717) is 11.4 Å². The van der Waals surface area contributed by atoms with Gasteiger partial charge < -0.3 is 5.32 Å². The molecule has 0 fully saturated rings. The van der Waals surface area contributed by atoms with Crippen LogP contribution in [-0.2, 0) is 14.4 Å². The van der Waals surface area contributed by atoms with Gasteiger partial charge >= 0.3 is 0 Å². The Bertz CT molecular complexity index is 1340. The summed E-state index contributed by atoms with van der Waals surface area (Å²) in [5, 5.41) is 6.68. The summed E-state index contributed by atoms with van der Waals surface area (Å²) in [5.74, 6) is -0.941. The van der Waals surface area contributed by atoms with Crippen LogP contribution in [0.1, 0.15) is 20.8 Å². The molecule has 4 rings (SSSR count). The third-order valence-electron chi connectivity index (χ3n) is 5.27. The number of anilines is 2. The lowest BCUT2D eigenvalue weighted by molar-refractivity contribution is -0.124. The molecule has 4 aromatic carbocycles. The summed E-state index contributed by atoms with van der Waals surface area (Å²) in [6.45, 7) is 4.21. The minimum Gasteiger partial charge on any atom is -0.326 e. The number of carbonyl (C=O) groups excluding carboxylic acids is 3. The molecule has 3 amide bonds. The van der Waals surface area contributed by atoms with Gasteiger partial charge in [0.25, 0.3) is 0 Å². The van der Waals surface area contributed by atoms with Gasteiger partial charge in [-0.3, -0.25) is 19.3 Å². The fraction of sp³-hybridized carbons (Fsp3) is 0.115. The highest BCUT2D eigenvalue weighted by Gasteiger charge is 2.24. The van der Waals surface area contributed by atoms with Gasteiger partial charge in [0.2, 0.25) is 17.7 Å². The van der Waals surface area contributed by atoms with Crippen LogP contribution in [0.15, 0.2) is 72.8 Å². The first-order valence-electron chi connectivity index (χ1n) is 10.0. The molecule has 0 aliphatic carbocycles. The van der Waals surface area contributed by atoms with Gasteiger partial charge in [-0.05, 0) is 33.7 Å². The SMILES string of the molecule is CC(=O)Nc1ccc2ccccc2c1-c1c(N(C(C)=O)C(C)=O)ccc2ccccc12. The van der Waals surface area contributed by atoms with Gasteiger partial charge in [-0.25, -0.2) is 0 Å². The molecule has 1 N–H and O–H groups in total. The maximum atomic E-state index is 12.5. The zero-order chi connectivity index (χ0) is 22.1. The smallest absolute Gasteiger partial charge is 0.230 e. The molecule has 5 heteroatoms. The van der Waals surface area contributed by atoms with Gasteiger partial charge in [-0.15, -0.1) is 0 Å². The van der Waals surface area contributed by atoms with Crippen LogP contribution in [0.4, 0.5) is 11.4 Å². The molecule has 154 valence electrons. The van der Waals surface area contributed by atoms with E-state index in [-0.39, 0.29) is 17.7 Å². The average Bonchev–Trinajstić information content (AvgIpc) is 2.73. The summed E-state index contributed by atoms with van der Waals surface area (Å²) in [4.78, 5) is 38.1. The molecule has 0 atom stereocenters. The van der Waals surface area contributed by atoms with Crippen molar-refractivity contribution in [2.45, 2.75) is 20.8 Å². The zero-order valence-corrected chi connectivity index (χ0v) is 17.6. The van der Waals surface area contributed by atoms with Gasteiger partial charge in [-0.2, -0.15) is 0 Å². The lowest BCUT2D eigenvalue weighted by Crippen LogP contribution is -2.33. The van der Waals surface area contributed by atoms with E-state index >= 15 is 0 Å². The van der Waals surface area contributed by atoms with Crippen molar-refractivity contribution in [2.75, 3.05) is 10.2 Å². The molecule has 0 spiro atoms. The normalized spacial score (nSPS) is 10.8. The number of nitrogens with zero attached hydrogens (tertiary/aromatic N) is 1. The minimum atomic E-state index is -0.370. The van der Waals surface area contributed by atoms with Gasteiger partial charge in [0.1, 0.15) is 0 Å². The van der Waals surface area contributed by atoms with Crippen LogP contribution in [-0.4, -0.2) is 17.7 Å². The maximum Gasteiger partial charge on any atom is 0.230 e. The predicted molar refractivity (Wildman–Crippen MR) is 125 cm³/mol. The number of rotatable bonds is 3. The molecule has 5 nitrogen and oxygen atoms in total. The van der Waals surface area contributed by atoms with E-state index < -0.39 is 0 Å². The Morgan fingerprint density at radius 2 is 1.16 bits per heavy atom. The molecule has 0 aliphatic heterocycles. The zero-order valence-electron chi connectivity index (χ0n) is 17.6. The molecule has 0 bridgehead atoms. The van der Waals surface area contributed by atoms with E-state index in [1.54, 1.807) is 6.07 Å². The van der Waals surface area contributed by atoms with Gasteiger partial charge in [0, 0.05) is 37.6 Å². The molecule has 31 heavy (non-hydrogen) atoms. The molecule has 0 aromatic heterocycles. The van der Waals surface area contributed by atoms with E-state index in [1.807, 2.05) is 66.7 Å². The Labute approximate surface area is 180 Å². The largest absolute Gasteiger partial charge is 0.326 e. The molecule has 0 radical (unpaired) electrons.